The van der Waals surface area contributed by atoms with Crippen LogP contribution in [0.15, 0.2) is 24.3 Å². The van der Waals surface area contributed by atoms with Crippen LogP contribution in [0.3, 0.4) is 0 Å². The van der Waals surface area contributed by atoms with Crippen LogP contribution < -0.4 is 5.32 Å². The average Bonchev–Trinajstić information content (AvgIpc) is 2.69. The molecule has 0 spiro atoms. The van der Waals surface area contributed by atoms with Gasteiger partial charge in [-0.05, 0) is 24.5 Å². The van der Waals surface area contributed by atoms with E-state index >= 15 is 0 Å². The zero-order valence-electron chi connectivity index (χ0n) is 15.2. The van der Waals surface area contributed by atoms with E-state index in [1.165, 1.54) is 6.07 Å². The van der Waals surface area contributed by atoms with Crippen LogP contribution >= 0.6 is 0 Å². The Morgan fingerprint density at radius 2 is 1.78 bits per heavy atom. The second-order valence-corrected chi connectivity index (χ2v) is 6.98. The minimum absolute atomic E-state index is 0.224. The third kappa shape index (κ3) is 4.80. The molecule has 150 valence electrons. The van der Waals surface area contributed by atoms with E-state index in [2.05, 4.69) is 10.2 Å². The van der Waals surface area contributed by atoms with Crippen molar-refractivity contribution in [3.8, 4) is 0 Å². The molecule has 2 fully saturated rings. The van der Waals surface area contributed by atoms with Gasteiger partial charge in [0.1, 0.15) is 0 Å². The molecule has 2 aliphatic rings. The molecule has 0 aliphatic carbocycles. The Kier molecular flexibility index (Phi) is 6.39. The number of halogens is 3. The van der Waals surface area contributed by atoms with Crippen molar-refractivity contribution in [3.63, 3.8) is 0 Å². The van der Waals surface area contributed by atoms with Gasteiger partial charge < -0.3 is 14.8 Å². The molecule has 1 N–H and O–H groups in total. The van der Waals surface area contributed by atoms with Crippen LogP contribution in [-0.2, 0) is 25.9 Å². The molecular formula is C19H25F3N2O3. The van der Waals surface area contributed by atoms with Gasteiger partial charge in [0.05, 0.1) is 24.2 Å². The first-order valence-corrected chi connectivity index (χ1v) is 9.26. The normalized spacial score (nSPS) is 21.0. The molecule has 0 radical (unpaired) electrons. The summed E-state index contributed by atoms with van der Waals surface area (Å²) >= 11 is 0. The van der Waals surface area contributed by atoms with E-state index in [9.17, 15) is 18.0 Å². The zero-order chi connectivity index (χ0) is 19.3. The molecule has 2 heterocycles. The maximum atomic E-state index is 13.1. The number of hydrogen-bond acceptors (Lipinski definition) is 4. The van der Waals surface area contributed by atoms with Gasteiger partial charge in [-0.15, -0.1) is 0 Å². The Morgan fingerprint density at radius 3 is 2.44 bits per heavy atom. The summed E-state index contributed by atoms with van der Waals surface area (Å²) in [4.78, 5) is 15.2. The van der Waals surface area contributed by atoms with E-state index in [4.69, 9.17) is 9.47 Å². The summed E-state index contributed by atoms with van der Waals surface area (Å²) in [5.41, 5.74) is -1.30. The van der Waals surface area contributed by atoms with E-state index in [-0.39, 0.29) is 5.91 Å². The number of amides is 1. The van der Waals surface area contributed by atoms with Crippen molar-refractivity contribution in [3.05, 3.63) is 35.4 Å². The van der Waals surface area contributed by atoms with Gasteiger partial charge in [0, 0.05) is 39.4 Å². The van der Waals surface area contributed by atoms with Crippen LogP contribution in [0.4, 0.5) is 13.2 Å². The highest BCUT2D eigenvalue weighted by molar-refractivity contribution is 5.88. The SMILES string of the molecule is O=C(NCCN1CCOCC1)C1(c2cccc(C(F)(F)F)c2)CCOCC1. The van der Waals surface area contributed by atoms with E-state index < -0.39 is 17.2 Å². The van der Waals surface area contributed by atoms with Gasteiger partial charge >= 0.3 is 6.18 Å². The molecule has 0 bridgehead atoms. The molecule has 8 heteroatoms. The van der Waals surface area contributed by atoms with Crippen molar-refractivity contribution in [1.82, 2.24) is 10.2 Å². The third-order valence-corrected chi connectivity index (χ3v) is 5.34. The van der Waals surface area contributed by atoms with Crippen LogP contribution in [-0.4, -0.2) is 63.4 Å². The molecule has 2 aliphatic heterocycles. The molecule has 0 unspecified atom stereocenters. The monoisotopic (exact) mass is 386 g/mol. The summed E-state index contributed by atoms with van der Waals surface area (Å²) in [5, 5.41) is 2.94. The minimum Gasteiger partial charge on any atom is -0.381 e. The maximum Gasteiger partial charge on any atom is 0.416 e. The molecule has 0 saturated carbocycles. The quantitative estimate of drug-likeness (QED) is 0.843. The molecule has 1 aromatic rings. The van der Waals surface area contributed by atoms with Crippen molar-refractivity contribution in [2.75, 3.05) is 52.6 Å². The van der Waals surface area contributed by atoms with Gasteiger partial charge in [0.25, 0.3) is 0 Å². The molecule has 0 atom stereocenters. The number of carbonyl (C=O) groups excluding carboxylic acids is 1. The summed E-state index contributed by atoms with van der Waals surface area (Å²) in [6.07, 6.45) is -3.69. The van der Waals surface area contributed by atoms with Crippen LogP contribution in [0, 0.1) is 0 Å². The number of hydrogen-bond donors (Lipinski definition) is 1. The van der Waals surface area contributed by atoms with Gasteiger partial charge in [0.15, 0.2) is 0 Å². The first-order valence-electron chi connectivity index (χ1n) is 9.26. The summed E-state index contributed by atoms with van der Waals surface area (Å²) in [7, 11) is 0. The Morgan fingerprint density at radius 1 is 1.11 bits per heavy atom. The molecule has 3 rings (SSSR count). The molecule has 1 amide bonds. The number of rotatable bonds is 5. The van der Waals surface area contributed by atoms with Gasteiger partial charge in [-0.1, -0.05) is 18.2 Å². The number of nitrogens with zero attached hydrogens (tertiary/aromatic N) is 1. The largest absolute Gasteiger partial charge is 0.416 e. The fraction of sp³-hybridized carbons (Fsp3) is 0.632. The van der Waals surface area contributed by atoms with E-state index in [0.29, 0.717) is 57.9 Å². The van der Waals surface area contributed by atoms with Crippen molar-refractivity contribution in [1.29, 1.82) is 0 Å². The lowest BCUT2D eigenvalue weighted by molar-refractivity contribution is -0.138. The molecular weight excluding hydrogens is 361 g/mol. The van der Waals surface area contributed by atoms with Crippen molar-refractivity contribution >= 4 is 5.91 Å². The smallest absolute Gasteiger partial charge is 0.381 e. The molecule has 2 saturated heterocycles. The zero-order valence-corrected chi connectivity index (χ0v) is 15.2. The topological polar surface area (TPSA) is 50.8 Å². The van der Waals surface area contributed by atoms with E-state index in [1.54, 1.807) is 6.07 Å². The summed E-state index contributed by atoms with van der Waals surface area (Å²) < 4.78 is 50.1. The van der Waals surface area contributed by atoms with Crippen LogP contribution in [0.2, 0.25) is 0 Å². The van der Waals surface area contributed by atoms with Crippen molar-refractivity contribution in [2.24, 2.45) is 0 Å². The van der Waals surface area contributed by atoms with E-state index in [1.807, 2.05) is 0 Å². The fourth-order valence-corrected chi connectivity index (χ4v) is 3.68. The molecule has 0 aromatic heterocycles. The lowest BCUT2D eigenvalue weighted by Crippen LogP contribution is -2.50. The minimum atomic E-state index is -4.44. The Balaban J connectivity index is 1.73. The Bertz CT molecular complexity index is 639. The van der Waals surface area contributed by atoms with Crippen molar-refractivity contribution < 1.29 is 27.4 Å². The van der Waals surface area contributed by atoms with Gasteiger partial charge in [0.2, 0.25) is 5.91 Å². The lowest BCUT2D eigenvalue weighted by atomic mass is 9.73. The van der Waals surface area contributed by atoms with Gasteiger partial charge in [-0.3, -0.25) is 9.69 Å². The Hall–Kier alpha value is -1.64. The first-order chi connectivity index (χ1) is 12.9. The lowest BCUT2D eigenvalue weighted by Gasteiger charge is -2.37. The van der Waals surface area contributed by atoms with Crippen LogP contribution in [0.1, 0.15) is 24.0 Å². The van der Waals surface area contributed by atoms with Gasteiger partial charge in [-0.2, -0.15) is 13.2 Å². The van der Waals surface area contributed by atoms with Crippen LogP contribution in [0.5, 0.6) is 0 Å². The summed E-state index contributed by atoms with van der Waals surface area (Å²) in [6, 6.07) is 5.12. The van der Waals surface area contributed by atoms with Crippen molar-refractivity contribution in [2.45, 2.75) is 24.4 Å². The fourth-order valence-electron chi connectivity index (χ4n) is 3.68. The highest BCUT2D eigenvalue weighted by atomic mass is 19.4. The maximum absolute atomic E-state index is 13.1. The number of carbonyl (C=O) groups is 1. The highest BCUT2D eigenvalue weighted by Gasteiger charge is 2.43. The first kappa shape index (κ1) is 20.1. The van der Waals surface area contributed by atoms with E-state index in [0.717, 1.165) is 25.2 Å². The molecule has 1 aromatic carbocycles. The Labute approximate surface area is 156 Å². The predicted molar refractivity (Wildman–Crippen MR) is 93.4 cm³/mol. The molecule has 27 heavy (non-hydrogen) atoms. The number of benzene rings is 1. The summed E-state index contributed by atoms with van der Waals surface area (Å²) in [6.45, 7) is 4.87. The standard InChI is InChI=1S/C19H25F3N2O3/c20-19(21,22)16-3-1-2-15(14-16)18(4-10-26-11-5-18)17(25)23-6-7-24-8-12-27-13-9-24/h1-3,14H,4-13H2,(H,23,25). The number of nitrogens with one attached hydrogen (secondary N) is 1. The number of ether oxygens (including phenoxy) is 2. The number of morpholine rings is 1. The second-order valence-electron chi connectivity index (χ2n) is 6.98. The highest BCUT2D eigenvalue weighted by Crippen LogP contribution is 2.38. The second kappa shape index (κ2) is 8.58. The van der Waals surface area contributed by atoms with Crippen LogP contribution in [0.25, 0.3) is 0 Å². The molecule has 5 nitrogen and oxygen atoms in total. The number of alkyl halides is 3. The van der Waals surface area contributed by atoms with Gasteiger partial charge in [-0.25, -0.2) is 0 Å². The average molecular weight is 386 g/mol. The third-order valence-electron chi connectivity index (χ3n) is 5.34. The predicted octanol–water partition coefficient (Wildman–Crippen LogP) is 2.20. The summed E-state index contributed by atoms with van der Waals surface area (Å²) in [5.74, 6) is -0.224.